The van der Waals surface area contributed by atoms with Crippen molar-refractivity contribution < 1.29 is 4.79 Å². The van der Waals surface area contributed by atoms with Crippen LogP contribution in [-0.4, -0.2) is 20.7 Å². The lowest BCUT2D eigenvalue weighted by molar-refractivity contribution is -0.123. The van der Waals surface area contributed by atoms with Crippen LogP contribution in [0.15, 0.2) is 78.0 Å². The van der Waals surface area contributed by atoms with Crippen molar-refractivity contribution in [1.82, 2.24) is 20.1 Å². The number of aryl methyl sites for hydroxylation is 2. The molecule has 0 saturated heterocycles. The average molecular weight is 517 g/mol. The molecule has 1 aliphatic rings. The third kappa shape index (κ3) is 5.20. The van der Waals surface area contributed by atoms with Crippen LogP contribution in [0.1, 0.15) is 53.4 Å². The predicted molar refractivity (Wildman–Crippen MR) is 146 cm³/mol. The zero-order valence-corrected chi connectivity index (χ0v) is 22.2. The smallest absolute Gasteiger partial charge is 0.224 e. The van der Waals surface area contributed by atoms with Crippen LogP contribution in [0.4, 0.5) is 0 Å². The summed E-state index contributed by atoms with van der Waals surface area (Å²) in [7, 11) is 0. The Hall–Kier alpha value is -3.09. The van der Waals surface area contributed by atoms with E-state index in [-0.39, 0.29) is 23.8 Å². The van der Waals surface area contributed by atoms with Gasteiger partial charge in [-0.05, 0) is 67.5 Å². The first-order valence-electron chi connectivity index (χ1n) is 12.2. The number of thioether (sulfide) groups is 1. The van der Waals surface area contributed by atoms with Gasteiger partial charge in [0.05, 0.1) is 11.7 Å². The van der Waals surface area contributed by atoms with Gasteiger partial charge < -0.3 is 5.32 Å². The molecule has 3 unspecified atom stereocenters. The maximum Gasteiger partial charge on any atom is 0.224 e. The zero-order chi connectivity index (χ0) is 25.2. The van der Waals surface area contributed by atoms with Gasteiger partial charge in [0.2, 0.25) is 5.91 Å². The van der Waals surface area contributed by atoms with Crippen molar-refractivity contribution in [3.05, 3.63) is 106 Å². The normalized spacial score (nSPS) is 17.6. The van der Waals surface area contributed by atoms with Gasteiger partial charge in [-0.3, -0.25) is 9.36 Å². The first-order valence-corrected chi connectivity index (χ1v) is 13.5. The first kappa shape index (κ1) is 24.6. The largest absolute Gasteiger partial charge is 0.346 e. The Morgan fingerprint density at radius 1 is 1.06 bits per heavy atom. The van der Waals surface area contributed by atoms with Gasteiger partial charge in [0.1, 0.15) is 0 Å². The van der Waals surface area contributed by atoms with Gasteiger partial charge >= 0.3 is 0 Å². The Kier molecular flexibility index (Phi) is 7.17. The number of benzene rings is 3. The number of carbonyl (C=O) groups is 1. The summed E-state index contributed by atoms with van der Waals surface area (Å²) in [5, 5.41) is 13.7. The summed E-state index contributed by atoms with van der Waals surface area (Å²) in [5.41, 5.74) is 5.70. The Morgan fingerprint density at radius 2 is 1.81 bits per heavy atom. The average Bonchev–Trinajstić information content (AvgIpc) is 3.58. The molecular formula is C29H29ClN4OS. The number of nitrogens with zero attached hydrogens (tertiary/aromatic N) is 3. The van der Waals surface area contributed by atoms with Crippen molar-refractivity contribution in [3.8, 4) is 5.69 Å². The van der Waals surface area contributed by atoms with Crippen molar-refractivity contribution in [2.75, 3.05) is 0 Å². The molecule has 1 amide bonds. The van der Waals surface area contributed by atoms with Crippen LogP contribution in [0.3, 0.4) is 0 Å². The summed E-state index contributed by atoms with van der Waals surface area (Å²) < 4.78 is 2.04. The fraction of sp³-hybridized carbons (Fsp3) is 0.276. The fourth-order valence-corrected chi connectivity index (χ4v) is 5.75. The molecule has 5 rings (SSSR count). The molecule has 3 aromatic carbocycles. The summed E-state index contributed by atoms with van der Waals surface area (Å²) >= 11 is 8.02. The van der Waals surface area contributed by atoms with E-state index in [9.17, 15) is 4.79 Å². The van der Waals surface area contributed by atoms with Gasteiger partial charge in [-0.1, -0.05) is 84.0 Å². The van der Waals surface area contributed by atoms with E-state index in [1.54, 1.807) is 11.8 Å². The molecule has 1 fully saturated rings. The molecule has 0 spiro atoms. The van der Waals surface area contributed by atoms with Crippen molar-refractivity contribution in [2.24, 2.45) is 5.92 Å². The van der Waals surface area contributed by atoms with Crippen molar-refractivity contribution in [1.29, 1.82) is 0 Å². The summed E-state index contributed by atoms with van der Waals surface area (Å²) in [5.74, 6) is 1.80. The Labute approximate surface area is 221 Å². The molecule has 0 aliphatic heterocycles. The minimum atomic E-state index is -0.312. The van der Waals surface area contributed by atoms with Gasteiger partial charge in [0.25, 0.3) is 0 Å². The number of hydrogen-bond donors (Lipinski definition) is 1. The van der Waals surface area contributed by atoms with Crippen LogP contribution < -0.4 is 5.32 Å². The number of hydrogen-bond acceptors (Lipinski definition) is 4. The lowest BCUT2D eigenvalue weighted by atomic mass is 10.1. The van der Waals surface area contributed by atoms with E-state index in [2.05, 4.69) is 52.8 Å². The van der Waals surface area contributed by atoms with Crippen LogP contribution >= 0.6 is 23.4 Å². The molecule has 1 saturated carbocycles. The highest BCUT2D eigenvalue weighted by atomic mass is 35.5. The van der Waals surface area contributed by atoms with Crippen molar-refractivity contribution >= 4 is 29.3 Å². The van der Waals surface area contributed by atoms with Crippen molar-refractivity contribution in [2.45, 2.75) is 50.1 Å². The van der Waals surface area contributed by atoms with E-state index in [1.807, 2.05) is 60.9 Å². The first-order chi connectivity index (χ1) is 17.4. The number of halogens is 1. The summed E-state index contributed by atoms with van der Waals surface area (Å²) in [6, 6.07) is 24.1. The van der Waals surface area contributed by atoms with E-state index in [0.717, 1.165) is 28.6 Å². The molecule has 7 heteroatoms. The fourth-order valence-electron chi connectivity index (χ4n) is 4.56. The second-order valence-electron chi connectivity index (χ2n) is 9.41. The van der Waals surface area contributed by atoms with Crippen LogP contribution in [-0.2, 0) is 10.5 Å². The maximum atomic E-state index is 13.1. The van der Waals surface area contributed by atoms with E-state index >= 15 is 0 Å². The van der Waals surface area contributed by atoms with E-state index in [1.165, 1.54) is 16.7 Å². The molecule has 1 aromatic heterocycles. The summed E-state index contributed by atoms with van der Waals surface area (Å²) in [6.45, 7) is 6.13. The number of aromatic nitrogens is 3. The topological polar surface area (TPSA) is 59.8 Å². The lowest BCUT2D eigenvalue weighted by Crippen LogP contribution is -2.30. The van der Waals surface area contributed by atoms with Crippen LogP contribution in [0.2, 0.25) is 5.02 Å². The second-order valence-corrected chi connectivity index (χ2v) is 10.8. The molecule has 0 bridgehead atoms. The quantitative estimate of drug-likeness (QED) is 0.261. The van der Waals surface area contributed by atoms with Gasteiger partial charge in [0, 0.05) is 16.7 Å². The zero-order valence-electron chi connectivity index (χ0n) is 20.6. The van der Waals surface area contributed by atoms with Gasteiger partial charge in [-0.25, -0.2) is 0 Å². The Balaban J connectivity index is 1.40. The molecule has 184 valence electrons. The predicted octanol–water partition coefficient (Wildman–Crippen LogP) is 6.81. The lowest BCUT2D eigenvalue weighted by Gasteiger charge is -2.18. The molecule has 1 aliphatic carbocycles. The maximum absolute atomic E-state index is 13.1. The van der Waals surface area contributed by atoms with Crippen LogP contribution in [0.5, 0.6) is 0 Å². The third-order valence-electron chi connectivity index (χ3n) is 6.79. The molecule has 1 N–H and O–H groups in total. The number of carbonyl (C=O) groups excluding carboxylic acids is 1. The third-order valence-corrected chi connectivity index (χ3v) is 8.00. The Morgan fingerprint density at radius 3 is 2.58 bits per heavy atom. The molecule has 5 nitrogen and oxygen atoms in total. The highest BCUT2D eigenvalue weighted by Gasteiger charge is 2.44. The highest BCUT2D eigenvalue weighted by Crippen LogP contribution is 2.47. The van der Waals surface area contributed by atoms with Gasteiger partial charge in [-0.2, -0.15) is 0 Å². The molecular weight excluding hydrogens is 488 g/mol. The minimum Gasteiger partial charge on any atom is -0.346 e. The second kappa shape index (κ2) is 10.5. The number of amides is 1. The SMILES string of the molecule is Cc1ccccc1CSc1nnc(C(C)NC(=O)C2CC2c2ccccc2)n1-c1cc(Cl)ccc1C. The molecule has 36 heavy (non-hydrogen) atoms. The van der Waals surface area contributed by atoms with Crippen LogP contribution in [0.25, 0.3) is 5.69 Å². The summed E-state index contributed by atoms with van der Waals surface area (Å²) in [6.07, 6.45) is 0.875. The minimum absolute atomic E-state index is 0.00553. The van der Waals surface area contributed by atoms with Gasteiger partial charge in [0.15, 0.2) is 11.0 Å². The molecule has 1 heterocycles. The van der Waals surface area contributed by atoms with Crippen molar-refractivity contribution in [3.63, 3.8) is 0 Å². The molecule has 3 atom stereocenters. The highest BCUT2D eigenvalue weighted by molar-refractivity contribution is 7.98. The molecule has 0 radical (unpaired) electrons. The number of rotatable bonds is 8. The molecule has 4 aromatic rings. The van der Waals surface area contributed by atoms with E-state index in [0.29, 0.717) is 10.8 Å². The van der Waals surface area contributed by atoms with Gasteiger partial charge in [-0.15, -0.1) is 10.2 Å². The van der Waals surface area contributed by atoms with E-state index < -0.39 is 0 Å². The monoisotopic (exact) mass is 516 g/mol. The van der Waals surface area contributed by atoms with Crippen LogP contribution in [0, 0.1) is 19.8 Å². The number of nitrogens with one attached hydrogen (secondary N) is 1. The van der Waals surface area contributed by atoms with E-state index in [4.69, 9.17) is 11.6 Å². The summed E-state index contributed by atoms with van der Waals surface area (Å²) in [4.78, 5) is 13.1. The standard InChI is InChI=1S/C29H29ClN4OS/c1-18-9-7-8-12-22(18)17-36-29-33-32-27(34(29)26-15-23(30)14-13-19(26)2)20(3)31-28(35)25-16-24(25)21-10-5-4-6-11-21/h4-15,20,24-25H,16-17H2,1-3H3,(H,31,35). The Bertz CT molecular complexity index is 1390.